The second-order valence-electron chi connectivity index (χ2n) is 5.06. The van der Waals surface area contributed by atoms with Crippen molar-refractivity contribution in [1.82, 2.24) is 9.97 Å². The SMILES string of the molecule is COC1(c2nc(Cl)c(-c3ccc(Cl)cc3)c(Cl)n2)CCC1. The average Bonchev–Trinajstić information content (AvgIpc) is 2.40. The molecule has 1 saturated carbocycles. The first kappa shape index (κ1) is 15.0. The van der Waals surface area contributed by atoms with E-state index in [9.17, 15) is 0 Å². The molecule has 2 aromatic rings. The maximum atomic E-state index is 6.33. The summed E-state index contributed by atoms with van der Waals surface area (Å²) in [7, 11) is 1.66. The van der Waals surface area contributed by atoms with Crippen molar-refractivity contribution in [3.8, 4) is 11.1 Å². The lowest BCUT2D eigenvalue weighted by molar-refractivity contribution is -0.0846. The summed E-state index contributed by atoms with van der Waals surface area (Å²) in [6, 6.07) is 7.24. The molecule has 21 heavy (non-hydrogen) atoms. The molecular formula is C15H13Cl3N2O. The highest BCUT2D eigenvalue weighted by Gasteiger charge is 2.42. The molecule has 0 spiro atoms. The smallest absolute Gasteiger partial charge is 0.163 e. The van der Waals surface area contributed by atoms with E-state index < -0.39 is 5.60 Å². The van der Waals surface area contributed by atoms with Crippen LogP contribution < -0.4 is 0 Å². The summed E-state index contributed by atoms with van der Waals surface area (Å²) < 4.78 is 5.57. The average molecular weight is 344 g/mol. The Morgan fingerprint density at radius 2 is 1.57 bits per heavy atom. The van der Waals surface area contributed by atoms with Gasteiger partial charge in [0.1, 0.15) is 15.9 Å². The Bertz CT molecular complexity index is 641. The van der Waals surface area contributed by atoms with Gasteiger partial charge in [-0.05, 0) is 37.0 Å². The number of rotatable bonds is 3. The minimum Gasteiger partial charge on any atom is -0.370 e. The van der Waals surface area contributed by atoms with Crippen molar-refractivity contribution in [1.29, 1.82) is 0 Å². The Kier molecular flexibility index (Phi) is 4.10. The van der Waals surface area contributed by atoms with Gasteiger partial charge in [0.15, 0.2) is 5.82 Å². The molecule has 1 fully saturated rings. The highest BCUT2D eigenvalue weighted by Crippen LogP contribution is 2.44. The summed E-state index contributed by atoms with van der Waals surface area (Å²) in [6.07, 6.45) is 2.86. The van der Waals surface area contributed by atoms with Crippen LogP contribution in [0.1, 0.15) is 25.1 Å². The molecule has 0 N–H and O–H groups in total. The zero-order chi connectivity index (χ0) is 15.0. The van der Waals surface area contributed by atoms with Gasteiger partial charge in [-0.1, -0.05) is 46.9 Å². The number of benzene rings is 1. The van der Waals surface area contributed by atoms with Crippen LogP contribution in [0.2, 0.25) is 15.3 Å². The van der Waals surface area contributed by atoms with E-state index in [0.29, 0.717) is 26.7 Å². The van der Waals surface area contributed by atoms with E-state index in [1.165, 1.54) is 0 Å². The molecule has 6 heteroatoms. The second kappa shape index (κ2) is 5.73. The molecule has 1 aromatic heterocycles. The Morgan fingerprint density at radius 3 is 2.00 bits per heavy atom. The van der Waals surface area contributed by atoms with E-state index in [1.807, 2.05) is 12.1 Å². The van der Waals surface area contributed by atoms with Gasteiger partial charge in [-0.2, -0.15) is 0 Å². The van der Waals surface area contributed by atoms with Gasteiger partial charge < -0.3 is 4.74 Å². The fourth-order valence-electron chi connectivity index (χ4n) is 2.48. The van der Waals surface area contributed by atoms with Gasteiger partial charge in [-0.15, -0.1) is 0 Å². The summed E-state index contributed by atoms with van der Waals surface area (Å²) >= 11 is 18.6. The van der Waals surface area contributed by atoms with Crippen LogP contribution in [0, 0.1) is 0 Å². The molecule has 0 amide bonds. The molecule has 0 saturated heterocycles. The normalized spacial score (nSPS) is 16.6. The molecule has 3 rings (SSSR count). The number of aromatic nitrogens is 2. The van der Waals surface area contributed by atoms with Gasteiger partial charge in [-0.25, -0.2) is 9.97 Å². The van der Waals surface area contributed by atoms with Crippen LogP contribution in [0.15, 0.2) is 24.3 Å². The van der Waals surface area contributed by atoms with Crippen molar-refractivity contribution in [3.05, 3.63) is 45.4 Å². The third-order valence-corrected chi connectivity index (χ3v) is 4.71. The van der Waals surface area contributed by atoms with E-state index in [0.717, 1.165) is 24.8 Å². The minimum atomic E-state index is -0.439. The van der Waals surface area contributed by atoms with Crippen LogP contribution in [-0.2, 0) is 10.3 Å². The molecule has 1 aliphatic carbocycles. The lowest BCUT2D eigenvalue weighted by Crippen LogP contribution is -2.38. The van der Waals surface area contributed by atoms with E-state index in [4.69, 9.17) is 39.5 Å². The highest BCUT2D eigenvalue weighted by atomic mass is 35.5. The van der Waals surface area contributed by atoms with Gasteiger partial charge in [-0.3, -0.25) is 0 Å². The van der Waals surface area contributed by atoms with E-state index in [1.54, 1.807) is 19.2 Å². The maximum absolute atomic E-state index is 6.33. The third kappa shape index (κ3) is 2.64. The summed E-state index contributed by atoms with van der Waals surface area (Å²) in [4.78, 5) is 8.82. The number of hydrogen-bond acceptors (Lipinski definition) is 3. The van der Waals surface area contributed by atoms with Crippen molar-refractivity contribution in [2.45, 2.75) is 24.9 Å². The van der Waals surface area contributed by atoms with Crippen molar-refractivity contribution in [2.75, 3.05) is 7.11 Å². The predicted octanol–water partition coefficient (Wildman–Crippen LogP) is 5.13. The fourth-order valence-corrected chi connectivity index (χ4v) is 3.21. The van der Waals surface area contributed by atoms with Crippen molar-refractivity contribution in [3.63, 3.8) is 0 Å². The molecule has 0 aliphatic heterocycles. The van der Waals surface area contributed by atoms with Crippen LogP contribution >= 0.6 is 34.8 Å². The molecule has 0 radical (unpaired) electrons. The first-order valence-corrected chi connectivity index (χ1v) is 7.74. The van der Waals surface area contributed by atoms with Gasteiger partial charge in [0.05, 0.1) is 5.56 Å². The Morgan fingerprint density at radius 1 is 1.00 bits per heavy atom. The molecule has 0 unspecified atom stereocenters. The van der Waals surface area contributed by atoms with Gasteiger partial charge in [0, 0.05) is 12.1 Å². The highest BCUT2D eigenvalue weighted by molar-refractivity contribution is 6.37. The van der Waals surface area contributed by atoms with Crippen molar-refractivity contribution >= 4 is 34.8 Å². The lowest BCUT2D eigenvalue weighted by Gasteiger charge is -2.38. The van der Waals surface area contributed by atoms with Crippen LogP contribution in [0.4, 0.5) is 0 Å². The summed E-state index contributed by atoms with van der Waals surface area (Å²) in [5, 5.41) is 1.31. The van der Waals surface area contributed by atoms with Gasteiger partial charge in [0.2, 0.25) is 0 Å². The predicted molar refractivity (Wildman–Crippen MR) is 85.0 cm³/mol. The maximum Gasteiger partial charge on any atom is 0.163 e. The number of hydrogen-bond donors (Lipinski definition) is 0. The van der Waals surface area contributed by atoms with Crippen molar-refractivity contribution in [2.24, 2.45) is 0 Å². The zero-order valence-corrected chi connectivity index (χ0v) is 13.6. The van der Waals surface area contributed by atoms with Crippen LogP contribution in [0.3, 0.4) is 0 Å². The van der Waals surface area contributed by atoms with Gasteiger partial charge >= 0.3 is 0 Å². The van der Waals surface area contributed by atoms with Crippen LogP contribution in [0.25, 0.3) is 11.1 Å². The molecule has 1 aromatic carbocycles. The van der Waals surface area contributed by atoms with E-state index in [2.05, 4.69) is 9.97 Å². The Labute approximate surface area is 138 Å². The molecule has 1 heterocycles. The number of methoxy groups -OCH3 is 1. The van der Waals surface area contributed by atoms with Crippen LogP contribution in [-0.4, -0.2) is 17.1 Å². The van der Waals surface area contributed by atoms with E-state index in [-0.39, 0.29) is 0 Å². The largest absolute Gasteiger partial charge is 0.370 e. The molecule has 0 bridgehead atoms. The molecule has 0 atom stereocenters. The monoisotopic (exact) mass is 342 g/mol. The summed E-state index contributed by atoms with van der Waals surface area (Å²) in [5.74, 6) is 0.559. The first-order chi connectivity index (χ1) is 10.1. The standard InChI is InChI=1S/C15H13Cl3N2O/c1-21-15(7-2-8-15)14-19-12(17)11(13(18)20-14)9-3-5-10(16)6-4-9/h3-6H,2,7-8H2,1H3. The molecule has 3 nitrogen and oxygen atoms in total. The Hall–Kier alpha value is -0.870. The lowest BCUT2D eigenvalue weighted by atomic mass is 9.79. The number of halogens is 3. The quantitative estimate of drug-likeness (QED) is 0.725. The van der Waals surface area contributed by atoms with Gasteiger partial charge in [0.25, 0.3) is 0 Å². The summed E-state index contributed by atoms with van der Waals surface area (Å²) in [6.45, 7) is 0. The topological polar surface area (TPSA) is 35.0 Å². The first-order valence-electron chi connectivity index (χ1n) is 6.60. The summed E-state index contributed by atoms with van der Waals surface area (Å²) in [5.41, 5.74) is 1.01. The Balaban J connectivity index is 2.06. The third-order valence-electron chi connectivity index (χ3n) is 3.91. The molecule has 110 valence electrons. The molecular weight excluding hydrogens is 331 g/mol. The number of nitrogens with zero attached hydrogens (tertiary/aromatic N) is 2. The van der Waals surface area contributed by atoms with Crippen LogP contribution in [0.5, 0.6) is 0 Å². The number of ether oxygens (including phenoxy) is 1. The zero-order valence-electron chi connectivity index (χ0n) is 11.4. The minimum absolute atomic E-state index is 0.329. The fraction of sp³-hybridized carbons (Fsp3) is 0.333. The van der Waals surface area contributed by atoms with E-state index >= 15 is 0 Å². The molecule has 1 aliphatic rings. The van der Waals surface area contributed by atoms with Crippen molar-refractivity contribution < 1.29 is 4.74 Å². The second-order valence-corrected chi connectivity index (χ2v) is 6.22.